The van der Waals surface area contributed by atoms with E-state index >= 15 is 0 Å². The van der Waals surface area contributed by atoms with Crippen molar-refractivity contribution in [3.8, 4) is 5.75 Å². The number of likely N-dealkylation sites (tertiary alicyclic amines) is 1. The second-order valence-corrected chi connectivity index (χ2v) is 8.22. The van der Waals surface area contributed by atoms with Gasteiger partial charge in [-0.2, -0.15) is 0 Å². The summed E-state index contributed by atoms with van der Waals surface area (Å²) in [4.78, 5) is 42.7. The highest BCUT2D eigenvalue weighted by Gasteiger charge is 2.33. The molecule has 0 spiro atoms. The van der Waals surface area contributed by atoms with E-state index in [0.717, 1.165) is 11.3 Å². The molecule has 2 amide bonds. The molecule has 1 saturated heterocycles. The lowest BCUT2D eigenvalue weighted by atomic mass is 9.79. The van der Waals surface area contributed by atoms with E-state index in [2.05, 4.69) is 10.3 Å². The first-order valence-corrected chi connectivity index (χ1v) is 11.3. The molecular formula is C25H31N3O5. The van der Waals surface area contributed by atoms with Gasteiger partial charge in [0.15, 0.2) is 0 Å². The summed E-state index contributed by atoms with van der Waals surface area (Å²) in [7, 11) is 1.59. The molecule has 2 aromatic rings. The predicted octanol–water partition coefficient (Wildman–Crippen LogP) is 2.64. The second-order valence-electron chi connectivity index (χ2n) is 8.22. The summed E-state index contributed by atoms with van der Waals surface area (Å²) in [6.45, 7) is 1.28. The summed E-state index contributed by atoms with van der Waals surface area (Å²) >= 11 is 0. The zero-order valence-electron chi connectivity index (χ0n) is 18.9. The van der Waals surface area contributed by atoms with E-state index in [1.54, 1.807) is 13.3 Å². The molecule has 33 heavy (non-hydrogen) atoms. The van der Waals surface area contributed by atoms with Crippen molar-refractivity contribution < 1.29 is 24.2 Å². The van der Waals surface area contributed by atoms with E-state index in [1.807, 2.05) is 47.4 Å². The average Bonchev–Trinajstić information content (AvgIpc) is 2.84. The summed E-state index contributed by atoms with van der Waals surface area (Å²) in [5.41, 5.74) is 1.77. The van der Waals surface area contributed by atoms with Crippen molar-refractivity contribution in [3.63, 3.8) is 0 Å². The maximum atomic E-state index is 13.0. The molecule has 1 aromatic heterocycles. The number of aliphatic carboxylic acids is 1. The molecule has 0 radical (unpaired) electrons. The van der Waals surface area contributed by atoms with Crippen LogP contribution in [0.3, 0.4) is 0 Å². The summed E-state index contributed by atoms with van der Waals surface area (Å²) < 4.78 is 5.23. The quantitative estimate of drug-likeness (QED) is 0.573. The minimum Gasteiger partial charge on any atom is -0.497 e. The van der Waals surface area contributed by atoms with E-state index in [-0.39, 0.29) is 30.7 Å². The number of carboxylic acids is 1. The van der Waals surface area contributed by atoms with Crippen molar-refractivity contribution in [2.75, 3.05) is 26.7 Å². The number of carbonyl (C=O) groups is 3. The van der Waals surface area contributed by atoms with Crippen LogP contribution >= 0.6 is 0 Å². The maximum Gasteiger partial charge on any atom is 0.305 e. The fourth-order valence-corrected chi connectivity index (χ4v) is 4.27. The second kappa shape index (κ2) is 12.0. The normalized spacial score (nSPS) is 15.0. The Balaban J connectivity index is 1.61. The number of nitrogens with one attached hydrogen (secondary N) is 1. The molecule has 176 valence electrons. The zero-order chi connectivity index (χ0) is 23.6. The van der Waals surface area contributed by atoms with E-state index in [4.69, 9.17) is 9.84 Å². The van der Waals surface area contributed by atoms with Gasteiger partial charge in [-0.3, -0.25) is 19.4 Å². The number of amides is 2. The minimum atomic E-state index is -0.950. The third-order valence-corrected chi connectivity index (χ3v) is 6.08. The summed E-state index contributed by atoms with van der Waals surface area (Å²) in [6, 6.07) is 13.1. The number of rotatable bonds is 10. The first kappa shape index (κ1) is 24.2. The average molecular weight is 454 g/mol. The van der Waals surface area contributed by atoms with E-state index in [1.165, 1.54) is 0 Å². The number of aryl methyl sites for hydroxylation is 1. The number of nitrogens with zero attached hydrogens (tertiary/aromatic N) is 2. The van der Waals surface area contributed by atoms with Crippen molar-refractivity contribution in [2.45, 2.75) is 38.0 Å². The monoisotopic (exact) mass is 453 g/mol. The molecule has 1 aliphatic rings. The van der Waals surface area contributed by atoms with Gasteiger partial charge in [-0.1, -0.05) is 18.2 Å². The van der Waals surface area contributed by atoms with Crippen molar-refractivity contribution in [1.29, 1.82) is 0 Å². The molecule has 2 heterocycles. The third-order valence-electron chi connectivity index (χ3n) is 6.08. The van der Waals surface area contributed by atoms with Crippen LogP contribution < -0.4 is 10.1 Å². The van der Waals surface area contributed by atoms with Gasteiger partial charge in [0, 0.05) is 37.9 Å². The molecule has 8 nitrogen and oxygen atoms in total. The van der Waals surface area contributed by atoms with E-state index in [0.29, 0.717) is 44.5 Å². The molecule has 0 saturated carbocycles. The number of ether oxygens (including phenoxy) is 1. The van der Waals surface area contributed by atoms with Gasteiger partial charge in [0.2, 0.25) is 11.8 Å². The van der Waals surface area contributed by atoms with Gasteiger partial charge in [-0.25, -0.2) is 0 Å². The first-order chi connectivity index (χ1) is 16.0. The maximum absolute atomic E-state index is 13.0. The lowest BCUT2D eigenvalue weighted by Crippen LogP contribution is -2.43. The molecule has 1 atom stereocenters. The highest BCUT2D eigenvalue weighted by molar-refractivity contribution is 5.84. The molecule has 0 unspecified atom stereocenters. The number of aromatic nitrogens is 1. The third kappa shape index (κ3) is 7.03. The van der Waals surface area contributed by atoms with Crippen LogP contribution in [0.1, 0.15) is 42.9 Å². The zero-order valence-corrected chi connectivity index (χ0v) is 18.9. The highest BCUT2D eigenvalue weighted by atomic mass is 16.5. The van der Waals surface area contributed by atoms with Gasteiger partial charge < -0.3 is 20.1 Å². The van der Waals surface area contributed by atoms with Crippen LogP contribution in [-0.2, 0) is 20.8 Å². The summed E-state index contributed by atoms with van der Waals surface area (Å²) in [5, 5.41) is 11.7. The Morgan fingerprint density at radius 1 is 1.12 bits per heavy atom. The van der Waals surface area contributed by atoms with Crippen molar-refractivity contribution in [2.24, 2.45) is 5.92 Å². The lowest BCUT2D eigenvalue weighted by molar-refractivity contribution is -0.137. The van der Waals surface area contributed by atoms with Gasteiger partial charge in [-0.05, 0) is 55.0 Å². The highest BCUT2D eigenvalue weighted by Crippen LogP contribution is 2.34. The van der Waals surface area contributed by atoms with Crippen molar-refractivity contribution in [3.05, 3.63) is 59.9 Å². The molecule has 8 heteroatoms. The number of hydrogen-bond acceptors (Lipinski definition) is 5. The predicted molar refractivity (Wildman–Crippen MR) is 123 cm³/mol. The number of carboxylic acid groups (broad SMARTS) is 1. The van der Waals surface area contributed by atoms with Crippen LogP contribution in [0, 0.1) is 5.92 Å². The molecule has 1 aromatic carbocycles. The molecule has 2 N–H and O–H groups in total. The van der Waals surface area contributed by atoms with Crippen molar-refractivity contribution in [1.82, 2.24) is 15.2 Å². The largest absolute Gasteiger partial charge is 0.497 e. The van der Waals surface area contributed by atoms with E-state index in [9.17, 15) is 14.4 Å². The smallest absolute Gasteiger partial charge is 0.305 e. The molecule has 3 rings (SSSR count). The summed E-state index contributed by atoms with van der Waals surface area (Å²) in [5.74, 6) is -0.670. The molecule has 0 aliphatic carbocycles. The molecule has 0 bridgehead atoms. The standard InChI is InChI=1S/C25H31N3O5/c1-33-21-8-5-18(6-9-21)24(25(32)27-15-11-23(30)31)19-12-16-28(17-13-19)22(29)10-7-20-4-2-3-14-26-20/h2-6,8-9,14,19,24H,7,10-13,15-17H2,1H3,(H,27,32)(H,30,31)/t24-/m1/s1. The minimum absolute atomic E-state index is 0.0584. The van der Waals surface area contributed by atoms with Gasteiger partial charge in [0.05, 0.1) is 19.4 Å². The van der Waals surface area contributed by atoms with Crippen LogP contribution in [0.5, 0.6) is 5.75 Å². The van der Waals surface area contributed by atoms with Gasteiger partial charge in [0.1, 0.15) is 5.75 Å². The van der Waals surface area contributed by atoms with Gasteiger partial charge in [0.25, 0.3) is 0 Å². The molecular weight excluding hydrogens is 422 g/mol. The van der Waals surface area contributed by atoms with Crippen LogP contribution in [-0.4, -0.2) is 59.5 Å². The van der Waals surface area contributed by atoms with Crippen LogP contribution in [0.25, 0.3) is 0 Å². The van der Waals surface area contributed by atoms with Crippen LogP contribution in [0.2, 0.25) is 0 Å². The number of carbonyl (C=O) groups excluding carboxylic acids is 2. The van der Waals surface area contributed by atoms with Gasteiger partial charge >= 0.3 is 5.97 Å². The number of piperidine rings is 1. The SMILES string of the molecule is COc1ccc([C@@H](C(=O)NCCC(=O)O)C2CCN(C(=O)CCc3ccccn3)CC2)cc1. The summed E-state index contributed by atoms with van der Waals surface area (Å²) in [6.07, 6.45) is 4.05. The number of pyridine rings is 1. The van der Waals surface area contributed by atoms with Gasteiger partial charge in [-0.15, -0.1) is 0 Å². The first-order valence-electron chi connectivity index (χ1n) is 11.3. The van der Waals surface area contributed by atoms with Crippen molar-refractivity contribution >= 4 is 17.8 Å². The Morgan fingerprint density at radius 3 is 2.45 bits per heavy atom. The fraction of sp³-hybridized carbons (Fsp3) is 0.440. The topological polar surface area (TPSA) is 109 Å². The van der Waals surface area contributed by atoms with Crippen LogP contribution in [0.4, 0.5) is 0 Å². The Morgan fingerprint density at radius 2 is 1.85 bits per heavy atom. The Hall–Kier alpha value is -3.42. The fourth-order valence-electron chi connectivity index (χ4n) is 4.27. The molecule has 1 aliphatic heterocycles. The number of methoxy groups -OCH3 is 1. The Labute approximate surface area is 194 Å². The Bertz CT molecular complexity index is 925. The van der Waals surface area contributed by atoms with Crippen LogP contribution in [0.15, 0.2) is 48.7 Å². The Kier molecular flexibility index (Phi) is 8.80. The van der Waals surface area contributed by atoms with E-state index < -0.39 is 11.9 Å². The molecule has 1 fully saturated rings. The number of benzene rings is 1. The number of hydrogen-bond donors (Lipinski definition) is 2. The lowest BCUT2D eigenvalue weighted by Gasteiger charge is -2.36.